The van der Waals surface area contributed by atoms with E-state index in [0.29, 0.717) is 28.5 Å². The quantitative estimate of drug-likeness (QED) is 0.479. The zero-order valence-electron chi connectivity index (χ0n) is 19.4. The molecule has 0 unspecified atom stereocenters. The van der Waals surface area contributed by atoms with Gasteiger partial charge < -0.3 is 14.8 Å². The molecule has 0 aromatic heterocycles. The van der Waals surface area contributed by atoms with Gasteiger partial charge >= 0.3 is 0 Å². The van der Waals surface area contributed by atoms with E-state index in [1.807, 2.05) is 27.7 Å². The molecule has 0 saturated carbocycles. The van der Waals surface area contributed by atoms with Gasteiger partial charge in [0.25, 0.3) is 17.7 Å². The van der Waals surface area contributed by atoms with Crippen molar-refractivity contribution in [3.05, 3.63) is 58.6 Å². The molecule has 0 bridgehead atoms. The van der Waals surface area contributed by atoms with E-state index in [9.17, 15) is 14.4 Å². The number of methoxy groups -OCH3 is 1. The van der Waals surface area contributed by atoms with Crippen LogP contribution in [0.4, 0.5) is 0 Å². The van der Waals surface area contributed by atoms with Crippen LogP contribution in [-0.2, 0) is 4.79 Å². The minimum atomic E-state index is -0.852. The Morgan fingerprint density at radius 1 is 0.909 bits per heavy atom. The van der Waals surface area contributed by atoms with Crippen molar-refractivity contribution in [1.29, 1.82) is 0 Å². The van der Waals surface area contributed by atoms with Crippen LogP contribution in [0.1, 0.15) is 54.8 Å². The van der Waals surface area contributed by atoms with Crippen LogP contribution in [0, 0.1) is 5.92 Å². The largest absolute Gasteiger partial charge is 0.493 e. The highest BCUT2D eigenvalue weighted by Gasteiger charge is 2.27. The first-order chi connectivity index (χ1) is 15.7. The van der Waals surface area contributed by atoms with Gasteiger partial charge in [-0.1, -0.05) is 31.9 Å². The molecule has 9 heteroatoms. The number of ether oxygens (including phenoxy) is 2. The predicted octanol–water partition coefficient (Wildman–Crippen LogP) is 3.74. The molecular formula is C24H30ClN3O5. The lowest BCUT2D eigenvalue weighted by Crippen LogP contribution is -2.54. The summed E-state index contributed by atoms with van der Waals surface area (Å²) in [5.41, 5.74) is 5.43. The fraction of sp³-hybridized carbons (Fsp3) is 0.375. The lowest BCUT2D eigenvalue weighted by molar-refractivity contribution is -0.124. The van der Waals surface area contributed by atoms with Crippen LogP contribution in [0.5, 0.6) is 11.5 Å². The third kappa shape index (κ3) is 7.39. The van der Waals surface area contributed by atoms with Gasteiger partial charge in [0.15, 0.2) is 11.5 Å². The monoisotopic (exact) mass is 475 g/mol. The molecule has 0 heterocycles. The summed E-state index contributed by atoms with van der Waals surface area (Å²) >= 11 is 5.87. The zero-order valence-corrected chi connectivity index (χ0v) is 20.2. The molecule has 0 aliphatic carbocycles. The Labute approximate surface area is 199 Å². The second-order valence-electron chi connectivity index (χ2n) is 7.82. The van der Waals surface area contributed by atoms with Gasteiger partial charge in [-0.3, -0.25) is 25.2 Å². The Kier molecular flexibility index (Phi) is 9.54. The zero-order chi connectivity index (χ0) is 24.5. The fourth-order valence-corrected chi connectivity index (χ4v) is 3.08. The maximum absolute atomic E-state index is 12.8. The standard InChI is InChI=1S/C24H30ClN3O5/c1-6-15(4)21(26-22(29)16-7-10-18(25)11-8-16)24(31)28-27-23(30)17-9-12-19(33-14(2)3)20(13-17)32-5/h7-15,21H,6H2,1-5H3,(H,26,29)(H,27,30)(H,28,31)/t15-,21-/m0/s1. The van der Waals surface area contributed by atoms with E-state index in [4.69, 9.17) is 21.1 Å². The fourth-order valence-electron chi connectivity index (χ4n) is 2.96. The van der Waals surface area contributed by atoms with Crippen molar-refractivity contribution >= 4 is 29.3 Å². The highest BCUT2D eigenvalue weighted by molar-refractivity contribution is 6.30. The number of amides is 3. The Bertz CT molecular complexity index is 979. The minimum absolute atomic E-state index is 0.0570. The molecule has 0 saturated heterocycles. The van der Waals surface area contributed by atoms with Crippen LogP contribution in [0.3, 0.4) is 0 Å². The number of rotatable bonds is 9. The molecule has 0 spiro atoms. The number of nitrogens with one attached hydrogen (secondary N) is 3. The van der Waals surface area contributed by atoms with Gasteiger partial charge in [-0.05, 0) is 62.2 Å². The number of benzene rings is 2. The molecule has 0 fully saturated rings. The maximum Gasteiger partial charge on any atom is 0.269 e. The first-order valence-electron chi connectivity index (χ1n) is 10.7. The van der Waals surface area contributed by atoms with Gasteiger partial charge in [0.2, 0.25) is 0 Å². The molecule has 2 rings (SSSR count). The van der Waals surface area contributed by atoms with Gasteiger partial charge in [0, 0.05) is 16.1 Å². The summed E-state index contributed by atoms with van der Waals surface area (Å²) in [6.07, 6.45) is 0.583. The number of halogens is 1. The molecule has 178 valence electrons. The molecule has 2 aromatic rings. The second kappa shape index (κ2) is 12.1. The second-order valence-corrected chi connectivity index (χ2v) is 8.26. The van der Waals surface area contributed by atoms with Crippen molar-refractivity contribution in [2.45, 2.75) is 46.3 Å². The van der Waals surface area contributed by atoms with E-state index in [0.717, 1.165) is 0 Å². The highest BCUT2D eigenvalue weighted by Crippen LogP contribution is 2.28. The van der Waals surface area contributed by atoms with E-state index in [-0.39, 0.29) is 17.6 Å². The lowest BCUT2D eigenvalue weighted by Gasteiger charge is -2.23. The van der Waals surface area contributed by atoms with E-state index in [1.165, 1.54) is 13.2 Å². The van der Waals surface area contributed by atoms with Gasteiger partial charge in [-0.15, -0.1) is 0 Å². The average molecular weight is 476 g/mol. The smallest absolute Gasteiger partial charge is 0.269 e. The summed E-state index contributed by atoms with van der Waals surface area (Å²) in [5.74, 6) is -0.753. The van der Waals surface area contributed by atoms with E-state index < -0.39 is 23.8 Å². The van der Waals surface area contributed by atoms with Crippen molar-refractivity contribution in [2.24, 2.45) is 5.92 Å². The van der Waals surface area contributed by atoms with E-state index in [1.54, 1.807) is 36.4 Å². The third-order valence-electron chi connectivity index (χ3n) is 4.98. The molecule has 8 nitrogen and oxygen atoms in total. The van der Waals surface area contributed by atoms with Crippen LogP contribution < -0.4 is 25.6 Å². The topological polar surface area (TPSA) is 106 Å². The summed E-state index contributed by atoms with van der Waals surface area (Å²) < 4.78 is 10.9. The molecule has 0 aliphatic rings. The summed E-state index contributed by atoms with van der Waals surface area (Å²) in [6, 6.07) is 10.2. The van der Waals surface area contributed by atoms with Crippen molar-refractivity contribution in [3.8, 4) is 11.5 Å². The Morgan fingerprint density at radius 3 is 2.12 bits per heavy atom. The molecule has 0 radical (unpaired) electrons. The Morgan fingerprint density at radius 2 is 1.55 bits per heavy atom. The van der Waals surface area contributed by atoms with Gasteiger partial charge in [-0.25, -0.2) is 0 Å². The molecule has 2 atom stereocenters. The van der Waals surface area contributed by atoms with Crippen LogP contribution in [0.15, 0.2) is 42.5 Å². The molecular weight excluding hydrogens is 446 g/mol. The van der Waals surface area contributed by atoms with Gasteiger partial charge in [0.05, 0.1) is 13.2 Å². The summed E-state index contributed by atoms with van der Waals surface area (Å²) in [4.78, 5) is 37.9. The number of carbonyl (C=O) groups is 3. The van der Waals surface area contributed by atoms with Crippen molar-refractivity contribution in [3.63, 3.8) is 0 Å². The number of hydrazine groups is 1. The molecule has 33 heavy (non-hydrogen) atoms. The number of hydrogen-bond donors (Lipinski definition) is 3. The highest BCUT2D eigenvalue weighted by atomic mass is 35.5. The van der Waals surface area contributed by atoms with E-state index in [2.05, 4.69) is 16.2 Å². The molecule has 3 amide bonds. The van der Waals surface area contributed by atoms with Crippen molar-refractivity contribution in [2.75, 3.05) is 7.11 Å². The van der Waals surface area contributed by atoms with Crippen LogP contribution >= 0.6 is 11.6 Å². The van der Waals surface area contributed by atoms with Crippen LogP contribution in [-0.4, -0.2) is 37.0 Å². The average Bonchev–Trinajstić information content (AvgIpc) is 2.80. The minimum Gasteiger partial charge on any atom is -0.493 e. The summed E-state index contributed by atoms with van der Waals surface area (Å²) in [6.45, 7) is 7.52. The number of hydrogen-bond acceptors (Lipinski definition) is 5. The van der Waals surface area contributed by atoms with Crippen molar-refractivity contribution < 1.29 is 23.9 Å². The predicted molar refractivity (Wildman–Crippen MR) is 127 cm³/mol. The SMILES string of the molecule is CC[C@H](C)[C@H](NC(=O)c1ccc(Cl)cc1)C(=O)NNC(=O)c1ccc(OC(C)C)c(OC)c1. The Balaban J connectivity index is 2.06. The normalized spacial score (nSPS) is 12.5. The maximum atomic E-state index is 12.8. The third-order valence-corrected chi connectivity index (χ3v) is 5.23. The Hall–Kier alpha value is -3.26. The van der Waals surface area contributed by atoms with Gasteiger partial charge in [0.1, 0.15) is 6.04 Å². The number of carbonyl (C=O) groups excluding carboxylic acids is 3. The molecule has 0 aliphatic heterocycles. The molecule has 2 aromatic carbocycles. The first kappa shape index (κ1) is 26.0. The van der Waals surface area contributed by atoms with E-state index >= 15 is 0 Å². The summed E-state index contributed by atoms with van der Waals surface area (Å²) in [7, 11) is 1.48. The van der Waals surface area contributed by atoms with Crippen LogP contribution in [0.2, 0.25) is 5.02 Å². The molecule has 3 N–H and O–H groups in total. The van der Waals surface area contributed by atoms with Crippen molar-refractivity contribution in [1.82, 2.24) is 16.2 Å². The van der Waals surface area contributed by atoms with Gasteiger partial charge in [-0.2, -0.15) is 0 Å². The van der Waals surface area contributed by atoms with Crippen LogP contribution in [0.25, 0.3) is 0 Å². The summed E-state index contributed by atoms with van der Waals surface area (Å²) in [5, 5.41) is 3.23. The first-order valence-corrected chi connectivity index (χ1v) is 11.0. The lowest BCUT2D eigenvalue weighted by atomic mass is 9.98.